The summed E-state index contributed by atoms with van der Waals surface area (Å²) in [4.78, 5) is 29.5. The van der Waals surface area contributed by atoms with Crippen LogP contribution >= 0.6 is 0 Å². The third-order valence-electron chi connectivity index (χ3n) is 3.61. The lowest BCUT2D eigenvalue weighted by atomic mass is 10.1. The molecule has 0 atom stereocenters. The van der Waals surface area contributed by atoms with E-state index in [4.69, 9.17) is 4.74 Å². The van der Waals surface area contributed by atoms with Crippen molar-refractivity contribution in [3.05, 3.63) is 35.5 Å². The summed E-state index contributed by atoms with van der Waals surface area (Å²) in [5.74, 6) is -0.886. The summed E-state index contributed by atoms with van der Waals surface area (Å²) in [7, 11) is 0. The Bertz CT molecular complexity index is 669. The fourth-order valence-corrected chi connectivity index (χ4v) is 2.59. The van der Waals surface area contributed by atoms with E-state index in [1.165, 1.54) is 0 Å². The Morgan fingerprint density at radius 2 is 1.90 bits per heavy atom. The lowest BCUT2D eigenvalue weighted by Gasteiger charge is -2.26. The van der Waals surface area contributed by atoms with Crippen molar-refractivity contribution < 1.29 is 14.3 Å². The van der Waals surface area contributed by atoms with Crippen molar-refractivity contribution in [3.63, 3.8) is 0 Å². The molecule has 0 spiro atoms. The summed E-state index contributed by atoms with van der Waals surface area (Å²) in [6, 6.07) is 7.53. The number of carbonyl (C=O) groups is 2. The van der Waals surface area contributed by atoms with Gasteiger partial charge in [0, 0.05) is 29.7 Å². The second-order valence-electron chi connectivity index (χ2n) is 4.90. The molecule has 20 heavy (non-hydrogen) atoms. The van der Waals surface area contributed by atoms with Gasteiger partial charge >= 0.3 is 0 Å². The van der Waals surface area contributed by atoms with Gasteiger partial charge in [-0.25, -0.2) is 0 Å². The van der Waals surface area contributed by atoms with Crippen LogP contribution in [0.4, 0.5) is 0 Å². The zero-order chi connectivity index (χ0) is 14.1. The van der Waals surface area contributed by atoms with Crippen LogP contribution in [0.15, 0.2) is 24.3 Å². The highest BCUT2D eigenvalue weighted by atomic mass is 16.5. The van der Waals surface area contributed by atoms with Crippen molar-refractivity contribution in [1.82, 2.24) is 9.88 Å². The van der Waals surface area contributed by atoms with Crippen molar-refractivity contribution in [2.45, 2.75) is 6.92 Å². The average Bonchev–Trinajstić information content (AvgIpc) is 2.82. The Morgan fingerprint density at radius 3 is 2.65 bits per heavy atom. The van der Waals surface area contributed by atoms with Gasteiger partial charge in [-0.2, -0.15) is 0 Å². The van der Waals surface area contributed by atoms with Gasteiger partial charge in [0.05, 0.1) is 18.8 Å². The summed E-state index contributed by atoms with van der Waals surface area (Å²) >= 11 is 0. The number of H-pyrrole nitrogens is 1. The van der Waals surface area contributed by atoms with Gasteiger partial charge in [0.15, 0.2) is 0 Å². The molecular weight excluding hydrogens is 256 g/mol. The number of fused-ring (bicyclic) bond motifs is 1. The van der Waals surface area contributed by atoms with Gasteiger partial charge in [-0.1, -0.05) is 18.2 Å². The standard InChI is InChI=1S/C15H16N2O3/c1-10-13(11-4-2-3-5-12(11)16-10)14(18)15(19)17-6-8-20-9-7-17/h2-5,16H,6-9H2,1H3. The van der Waals surface area contributed by atoms with Crippen LogP contribution in [0.3, 0.4) is 0 Å². The highest BCUT2D eigenvalue weighted by molar-refractivity contribution is 6.45. The lowest BCUT2D eigenvalue weighted by Crippen LogP contribution is -2.44. The third kappa shape index (κ3) is 2.10. The van der Waals surface area contributed by atoms with Crippen LogP contribution in [0, 0.1) is 6.92 Å². The number of rotatable bonds is 2. The first-order chi connectivity index (χ1) is 9.68. The van der Waals surface area contributed by atoms with Crippen LogP contribution < -0.4 is 0 Å². The van der Waals surface area contributed by atoms with E-state index < -0.39 is 11.7 Å². The molecule has 0 bridgehead atoms. The highest BCUT2D eigenvalue weighted by Crippen LogP contribution is 2.23. The molecule has 0 radical (unpaired) electrons. The smallest absolute Gasteiger partial charge is 0.295 e. The number of hydrogen-bond acceptors (Lipinski definition) is 3. The number of aryl methyl sites for hydroxylation is 1. The van der Waals surface area contributed by atoms with Crippen LogP contribution in [0.1, 0.15) is 16.1 Å². The number of nitrogens with zero attached hydrogens (tertiary/aromatic N) is 1. The Morgan fingerprint density at radius 1 is 1.20 bits per heavy atom. The van der Waals surface area contributed by atoms with Crippen molar-refractivity contribution in [3.8, 4) is 0 Å². The van der Waals surface area contributed by atoms with Crippen LogP contribution in [-0.2, 0) is 9.53 Å². The number of carbonyl (C=O) groups excluding carboxylic acids is 2. The Hall–Kier alpha value is -2.14. The molecule has 1 aliphatic heterocycles. The van der Waals surface area contributed by atoms with Crippen LogP contribution in [0.5, 0.6) is 0 Å². The predicted octanol–water partition coefficient (Wildman–Crippen LogP) is 1.52. The van der Waals surface area contributed by atoms with Crippen LogP contribution in [0.25, 0.3) is 10.9 Å². The third-order valence-corrected chi connectivity index (χ3v) is 3.61. The molecule has 1 saturated heterocycles. The molecule has 1 amide bonds. The average molecular weight is 272 g/mol. The van der Waals surface area contributed by atoms with Gasteiger partial charge in [0.25, 0.3) is 11.7 Å². The minimum Gasteiger partial charge on any atom is -0.378 e. The van der Waals surface area contributed by atoms with E-state index in [1.807, 2.05) is 31.2 Å². The van der Waals surface area contributed by atoms with Gasteiger partial charge in [-0.15, -0.1) is 0 Å². The number of aromatic nitrogens is 1. The number of morpholine rings is 1. The predicted molar refractivity (Wildman–Crippen MR) is 74.8 cm³/mol. The molecule has 5 heteroatoms. The first kappa shape index (κ1) is 12.9. The summed E-state index contributed by atoms with van der Waals surface area (Å²) < 4.78 is 5.20. The van der Waals surface area contributed by atoms with Crippen molar-refractivity contribution in [2.75, 3.05) is 26.3 Å². The van der Waals surface area contributed by atoms with Gasteiger partial charge in [-0.05, 0) is 13.0 Å². The van der Waals surface area contributed by atoms with Gasteiger partial charge in [0.2, 0.25) is 0 Å². The molecule has 2 aromatic rings. The maximum atomic E-state index is 12.5. The monoisotopic (exact) mass is 272 g/mol. The van der Waals surface area contributed by atoms with Gasteiger partial charge in [0.1, 0.15) is 0 Å². The number of ether oxygens (including phenoxy) is 1. The second-order valence-corrected chi connectivity index (χ2v) is 4.90. The molecule has 1 aromatic carbocycles. The van der Waals surface area contributed by atoms with Crippen molar-refractivity contribution in [2.24, 2.45) is 0 Å². The van der Waals surface area contributed by atoms with E-state index in [0.717, 1.165) is 16.6 Å². The Labute approximate surface area is 116 Å². The number of ketones is 1. The molecule has 1 N–H and O–H groups in total. The van der Waals surface area contributed by atoms with Gasteiger partial charge < -0.3 is 14.6 Å². The molecule has 0 unspecified atom stereocenters. The number of para-hydroxylation sites is 1. The Balaban J connectivity index is 1.95. The van der Waals surface area contributed by atoms with Crippen LogP contribution in [-0.4, -0.2) is 47.9 Å². The second kappa shape index (κ2) is 5.09. The van der Waals surface area contributed by atoms with Crippen molar-refractivity contribution in [1.29, 1.82) is 0 Å². The normalized spacial score (nSPS) is 15.6. The zero-order valence-corrected chi connectivity index (χ0v) is 11.3. The molecule has 2 heterocycles. The fraction of sp³-hybridized carbons (Fsp3) is 0.333. The molecule has 5 nitrogen and oxygen atoms in total. The topological polar surface area (TPSA) is 62.4 Å². The maximum absolute atomic E-state index is 12.5. The molecule has 1 aromatic heterocycles. The maximum Gasteiger partial charge on any atom is 0.295 e. The molecular formula is C15H16N2O3. The quantitative estimate of drug-likeness (QED) is 0.666. The number of Topliss-reactive ketones (excluding diaryl/α,β-unsaturated/α-hetero) is 1. The van der Waals surface area contributed by atoms with E-state index >= 15 is 0 Å². The van der Waals surface area contributed by atoms with E-state index in [9.17, 15) is 9.59 Å². The fourth-order valence-electron chi connectivity index (χ4n) is 2.59. The number of nitrogens with one attached hydrogen (secondary N) is 1. The lowest BCUT2D eigenvalue weighted by molar-refractivity contribution is -0.130. The molecule has 1 fully saturated rings. The number of benzene rings is 1. The zero-order valence-electron chi connectivity index (χ0n) is 11.3. The van der Waals surface area contributed by atoms with Gasteiger partial charge in [-0.3, -0.25) is 9.59 Å². The molecule has 0 saturated carbocycles. The Kier molecular flexibility index (Phi) is 3.28. The first-order valence-corrected chi connectivity index (χ1v) is 6.67. The number of hydrogen-bond donors (Lipinski definition) is 1. The minimum absolute atomic E-state index is 0.443. The van der Waals surface area contributed by atoms with E-state index in [0.29, 0.717) is 31.9 Å². The summed E-state index contributed by atoms with van der Waals surface area (Å²) in [5, 5.41) is 0.802. The van der Waals surface area contributed by atoms with Crippen molar-refractivity contribution >= 4 is 22.6 Å². The largest absolute Gasteiger partial charge is 0.378 e. The molecule has 104 valence electrons. The van der Waals surface area contributed by atoms with Crippen LogP contribution in [0.2, 0.25) is 0 Å². The first-order valence-electron chi connectivity index (χ1n) is 6.67. The van der Waals surface area contributed by atoms with E-state index in [1.54, 1.807) is 4.90 Å². The highest BCUT2D eigenvalue weighted by Gasteiger charge is 2.28. The number of aromatic amines is 1. The summed E-state index contributed by atoms with van der Waals surface area (Å²) in [6.07, 6.45) is 0. The molecule has 3 rings (SSSR count). The summed E-state index contributed by atoms with van der Waals surface area (Å²) in [6.45, 7) is 3.76. The minimum atomic E-state index is -0.443. The number of amides is 1. The molecule has 0 aliphatic carbocycles. The van der Waals surface area contributed by atoms with E-state index in [2.05, 4.69) is 4.98 Å². The SMILES string of the molecule is Cc1[nH]c2ccccc2c1C(=O)C(=O)N1CCOCC1. The molecule has 1 aliphatic rings. The summed E-state index contributed by atoms with van der Waals surface area (Å²) in [5.41, 5.74) is 2.10. The van der Waals surface area contributed by atoms with E-state index in [-0.39, 0.29) is 0 Å².